The Balaban J connectivity index is 2.34. The van der Waals surface area contributed by atoms with E-state index in [2.05, 4.69) is 0 Å². The lowest BCUT2D eigenvalue weighted by molar-refractivity contribution is -0.387. The van der Waals surface area contributed by atoms with E-state index < -0.39 is 10.7 Å². The van der Waals surface area contributed by atoms with Gasteiger partial charge in [-0.3, -0.25) is 10.1 Å². The van der Waals surface area contributed by atoms with E-state index in [4.69, 9.17) is 5.11 Å². The summed E-state index contributed by atoms with van der Waals surface area (Å²) in [5, 5.41) is 19.8. The minimum absolute atomic E-state index is 0.0573. The van der Waals surface area contributed by atoms with Crippen LogP contribution in [-0.2, 0) is 6.61 Å². The van der Waals surface area contributed by atoms with Gasteiger partial charge in [0.25, 0.3) is 5.69 Å². The molecule has 19 heavy (non-hydrogen) atoms. The molecule has 98 valence electrons. The molecule has 2 rings (SSSR count). The third-order valence-electron chi connectivity index (χ3n) is 2.46. The molecule has 0 aliphatic heterocycles. The second-order valence-electron chi connectivity index (χ2n) is 3.75. The van der Waals surface area contributed by atoms with Gasteiger partial charge in [-0.15, -0.1) is 0 Å². The highest BCUT2D eigenvalue weighted by molar-refractivity contribution is 7.99. The summed E-state index contributed by atoms with van der Waals surface area (Å²) < 4.78 is 13.8. The number of para-hydroxylation sites is 1. The fourth-order valence-electron chi connectivity index (χ4n) is 1.54. The normalized spacial score (nSPS) is 10.4. The number of hydrogen-bond donors (Lipinski definition) is 1. The highest BCUT2D eigenvalue weighted by Crippen LogP contribution is 2.35. The number of halogens is 1. The third kappa shape index (κ3) is 3.10. The Kier molecular flexibility index (Phi) is 4.13. The number of nitro groups is 1. The van der Waals surface area contributed by atoms with E-state index in [1.54, 1.807) is 24.3 Å². The van der Waals surface area contributed by atoms with Crippen molar-refractivity contribution in [2.45, 2.75) is 16.4 Å². The number of nitro benzene ring substituents is 1. The molecule has 0 amide bonds. The number of aliphatic hydroxyl groups excluding tert-OH is 1. The molecule has 0 aromatic heterocycles. The van der Waals surface area contributed by atoms with Crippen LogP contribution in [0.3, 0.4) is 0 Å². The molecule has 0 atom stereocenters. The monoisotopic (exact) mass is 279 g/mol. The molecule has 0 bridgehead atoms. The summed E-state index contributed by atoms with van der Waals surface area (Å²) in [5.41, 5.74) is 0.405. The van der Waals surface area contributed by atoms with E-state index in [0.717, 1.165) is 11.8 Å². The average Bonchev–Trinajstić information content (AvgIpc) is 2.41. The van der Waals surface area contributed by atoms with Gasteiger partial charge in [0.15, 0.2) is 0 Å². The second kappa shape index (κ2) is 5.81. The van der Waals surface area contributed by atoms with E-state index in [1.165, 1.54) is 18.2 Å². The van der Waals surface area contributed by atoms with Crippen LogP contribution in [0.2, 0.25) is 0 Å². The van der Waals surface area contributed by atoms with Crippen molar-refractivity contribution in [2.75, 3.05) is 0 Å². The van der Waals surface area contributed by atoms with Crippen LogP contribution in [0.4, 0.5) is 10.1 Å². The number of aliphatic hydroxyl groups is 1. The molecule has 0 saturated carbocycles. The first kappa shape index (κ1) is 13.5. The molecular formula is C13H10FNO3S. The smallest absolute Gasteiger partial charge is 0.283 e. The van der Waals surface area contributed by atoms with Gasteiger partial charge in [0.2, 0.25) is 0 Å². The molecule has 6 heteroatoms. The predicted octanol–water partition coefficient (Wildman–Crippen LogP) is 3.38. The molecule has 0 spiro atoms. The molecule has 0 aliphatic carbocycles. The summed E-state index contributed by atoms with van der Waals surface area (Å²) in [7, 11) is 0. The van der Waals surface area contributed by atoms with Crippen LogP contribution < -0.4 is 0 Å². The van der Waals surface area contributed by atoms with Crippen molar-refractivity contribution in [3.05, 3.63) is 64.0 Å². The Morgan fingerprint density at radius 2 is 1.95 bits per heavy atom. The lowest BCUT2D eigenvalue weighted by Gasteiger charge is -2.05. The van der Waals surface area contributed by atoms with Gasteiger partial charge in [-0.2, -0.15) is 0 Å². The lowest BCUT2D eigenvalue weighted by atomic mass is 10.2. The molecule has 0 fully saturated rings. The van der Waals surface area contributed by atoms with Crippen molar-refractivity contribution >= 4 is 17.4 Å². The third-order valence-corrected chi connectivity index (χ3v) is 3.58. The maximum absolute atomic E-state index is 13.8. The molecule has 0 radical (unpaired) electrons. The number of benzene rings is 2. The van der Waals surface area contributed by atoms with Crippen molar-refractivity contribution in [1.29, 1.82) is 0 Å². The summed E-state index contributed by atoms with van der Waals surface area (Å²) in [6.45, 7) is -0.243. The van der Waals surface area contributed by atoms with E-state index in [-0.39, 0.29) is 17.2 Å². The molecule has 0 aliphatic rings. The van der Waals surface area contributed by atoms with E-state index >= 15 is 0 Å². The largest absolute Gasteiger partial charge is 0.392 e. The van der Waals surface area contributed by atoms with Crippen LogP contribution >= 0.6 is 11.8 Å². The molecule has 0 saturated heterocycles. The number of nitrogens with zero attached hydrogens (tertiary/aromatic N) is 1. The van der Waals surface area contributed by atoms with Crippen LogP contribution in [0.1, 0.15) is 5.56 Å². The van der Waals surface area contributed by atoms with Crippen LogP contribution in [0.15, 0.2) is 52.3 Å². The molecule has 1 N–H and O–H groups in total. The van der Waals surface area contributed by atoms with Crippen LogP contribution in [-0.4, -0.2) is 10.0 Å². The van der Waals surface area contributed by atoms with Crippen LogP contribution in [0.25, 0.3) is 0 Å². The van der Waals surface area contributed by atoms with Gasteiger partial charge in [-0.25, -0.2) is 4.39 Å². The average molecular weight is 279 g/mol. The topological polar surface area (TPSA) is 63.4 Å². The maximum atomic E-state index is 13.8. The van der Waals surface area contributed by atoms with Crippen molar-refractivity contribution < 1.29 is 14.4 Å². The quantitative estimate of drug-likeness (QED) is 0.688. The second-order valence-corrected chi connectivity index (χ2v) is 4.83. The summed E-state index contributed by atoms with van der Waals surface area (Å²) in [6.07, 6.45) is 0. The molecule has 2 aromatic rings. The molecule has 4 nitrogen and oxygen atoms in total. The predicted molar refractivity (Wildman–Crippen MR) is 69.5 cm³/mol. The fourth-order valence-corrected chi connectivity index (χ4v) is 2.46. The SMILES string of the molecule is O=[N+]([O-])c1ccccc1Sc1ccc(CO)cc1F. The molecule has 0 heterocycles. The first-order valence-corrected chi connectivity index (χ1v) is 6.24. The highest BCUT2D eigenvalue weighted by atomic mass is 32.2. The van der Waals surface area contributed by atoms with Crippen LogP contribution in [0.5, 0.6) is 0 Å². The van der Waals surface area contributed by atoms with Gasteiger partial charge in [0, 0.05) is 11.0 Å². The van der Waals surface area contributed by atoms with Gasteiger partial charge >= 0.3 is 0 Å². The Hall–Kier alpha value is -1.92. The minimum atomic E-state index is -0.505. The van der Waals surface area contributed by atoms with Crippen molar-refractivity contribution in [3.63, 3.8) is 0 Å². The zero-order chi connectivity index (χ0) is 13.8. The van der Waals surface area contributed by atoms with E-state index in [0.29, 0.717) is 10.5 Å². The fraction of sp³-hybridized carbons (Fsp3) is 0.0769. The Bertz CT molecular complexity index is 619. The van der Waals surface area contributed by atoms with Crippen LogP contribution in [0, 0.1) is 15.9 Å². The first-order chi connectivity index (χ1) is 9.11. The minimum Gasteiger partial charge on any atom is -0.392 e. The lowest BCUT2D eigenvalue weighted by Crippen LogP contribution is -1.91. The summed E-state index contributed by atoms with van der Waals surface area (Å²) in [4.78, 5) is 11.0. The first-order valence-electron chi connectivity index (χ1n) is 5.42. The Morgan fingerprint density at radius 1 is 1.21 bits per heavy atom. The van der Waals surface area contributed by atoms with Gasteiger partial charge < -0.3 is 5.11 Å². The van der Waals surface area contributed by atoms with Crippen molar-refractivity contribution in [1.82, 2.24) is 0 Å². The summed E-state index contributed by atoms with van der Waals surface area (Å²) >= 11 is 0.990. The Morgan fingerprint density at radius 3 is 2.58 bits per heavy atom. The van der Waals surface area contributed by atoms with Gasteiger partial charge in [-0.1, -0.05) is 30.0 Å². The van der Waals surface area contributed by atoms with Gasteiger partial charge in [0.05, 0.1) is 16.4 Å². The summed E-state index contributed by atoms with van der Waals surface area (Å²) in [5.74, 6) is -0.505. The molecular weight excluding hydrogens is 269 g/mol. The van der Waals surface area contributed by atoms with E-state index in [9.17, 15) is 14.5 Å². The zero-order valence-corrected chi connectivity index (χ0v) is 10.6. The van der Waals surface area contributed by atoms with Gasteiger partial charge in [0.1, 0.15) is 5.82 Å². The summed E-state index contributed by atoms with van der Waals surface area (Å²) in [6, 6.07) is 10.5. The number of hydrogen-bond acceptors (Lipinski definition) is 4. The van der Waals surface area contributed by atoms with Crippen molar-refractivity contribution in [3.8, 4) is 0 Å². The number of rotatable bonds is 4. The standard InChI is InChI=1S/C13H10FNO3S/c14-10-7-9(8-16)5-6-12(10)19-13-4-2-1-3-11(13)15(17)18/h1-7,16H,8H2. The van der Waals surface area contributed by atoms with Gasteiger partial charge in [-0.05, 0) is 23.8 Å². The zero-order valence-electron chi connectivity index (χ0n) is 9.75. The Labute approximate surface area is 113 Å². The van der Waals surface area contributed by atoms with Crippen molar-refractivity contribution in [2.24, 2.45) is 0 Å². The molecule has 2 aromatic carbocycles. The maximum Gasteiger partial charge on any atom is 0.283 e. The highest BCUT2D eigenvalue weighted by Gasteiger charge is 2.15. The molecule has 0 unspecified atom stereocenters. The van der Waals surface area contributed by atoms with E-state index in [1.807, 2.05) is 0 Å².